The summed E-state index contributed by atoms with van der Waals surface area (Å²) in [6.07, 6.45) is 1.83. The van der Waals surface area contributed by atoms with Gasteiger partial charge in [0.1, 0.15) is 6.42 Å². The van der Waals surface area contributed by atoms with Gasteiger partial charge in [0.25, 0.3) is 0 Å². The van der Waals surface area contributed by atoms with Crippen LogP contribution >= 0.6 is 0 Å². The highest BCUT2D eigenvalue weighted by Gasteiger charge is 1.90. The van der Waals surface area contributed by atoms with Gasteiger partial charge in [-0.15, -0.1) is 5.92 Å². The molecule has 0 fully saturated rings. The van der Waals surface area contributed by atoms with E-state index in [0.717, 1.165) is 12.8 Å². The molecule has 1 N–H and O–H groups in total. The minimum Gasteiger partial charge on any atom is -0.481 e. The molecule has 0 aromatic carbocycles. The lowest BCUT2D eigenvalue weighted by Gasteiger charge is -1.96. The Morgan fingerprint density at radius 2 is 2.09 bits per heavy atom. The van der Waals surface area contributed by atoms with Crippen molar-refractivity contribution < 1.29 is 9.90 Å². The largest absolute Gasteiger partial charge is 0.481 e. The van der Waals surface area contributed by atoms with E-state index in [1.165, 1.54) is 0 Å². The van der Waals surface area contributed by atoms with Crippen molar-refractivity contribution >= 4 is 5.97 Å². The molecule has 0 spiro atoms. The average molecular weight is 154 g/mol. The van der Waals surface area contributed by atoms with Crippen LogP contribution in [-0.2, 0) is 4.79 Å². The Balaban J connectivity index is 3.33. The third-order valence-electron chi connectivity index (χ3n) is 1.21. The third-order valence-corrected chi connectivity index (χ3v) is 1.21. The normalized spacial score (nSPS) is 9.00. The Hall–Kier alpha value is -0.970. The summed E-state index contributed by atoms with van der Waals surface area (Å²) in [7, 11) is 0. The molecule has 0 aliphatic rings. The van der Waals surface area contributed by atoms with E-state index in [4.69, 9.17) is 5.11 Å². The van der Waals surface area contributed by atoms with E-state index in [0.29, 0.717) is 5.92 Å². The predicted molar refractivity (Wildman–Crippen MR) is 44.1 cm³/mol. The van der Waals surface area contributed by atoms with Crippen LogP contribution in [0.15, 0.2) is 0 Å². The third kappa shape index (κ3) is 9.03. The van der Waals surface area contributed by atoms with Gasteiger partial charge in [-0.05, 0) is 12.3 Å². The van der Waals surface area contributed by atoms with Crippen molar-refractivity contribution in [1.82, 2.24) is 0 Å². The molecule has 0 aromatic rings. The van der Waals surface area contributed by atoms with Crippen LogP contribution < -0.4 is 0 Å². The second-order valence-corrected chi connectivity index (χ2v) is 2.86. The van der Waals surface area contributed by atoms with Crippen molar-refractivity contribution in [3.63, 3.8) is 0 Å². The monoisotopic (exact) mass is 154 g/mol. The van der Waals surface area contributed by atoms with Crippen LogP contribution in [0, 0.1) is 17.8 Å². The molecule has 0 bridgehead atoms. The van der Waals surface area contributed by atoms with Gasteiger partial charge in [-0.3, -0.25) is 4.79 Å². The quantitative estimate of drug-likeness (QED) is 0.630. The zero-order chi connectivity index (χ0) is 8.69. The van der Waals surface area contributed by atoms with E-state index < -0.39 is 5.97 Å². The summed E-state index contributed by atoms with van der Waals surface area (Å²) in [6.45, 7) is 4.25. The minimum absolute atomic E-state index is 0.0297. The van der Waals surface area contributed by atoms with Gasteiger partial charge >= 0.3 is 5.97 Å². The van der Waals surface area contributed by atoms with Crippen molar-refractivity contribution in [1.29, 1.82) is 0 Å². The molecule has 0 aromatic heterocycles. The van der Waals surface area contributed by atoms with Crippen molar-refractivity contribution in [3.05, 3.63) is 0 Å². The van der Waals surface area contributed by atoms with Gasteiger partial charge in [0.05, 0.1) is 0 Å². The van der Waals surface area contributed by atoms with Gasteiger partial charge in [-0.2, -0.15) is 0 Å². The van der Waals surface area contributed by atoms with Crippen LogP contribution in [0.1, 0.15) is 33.1 Å². The molecule has 2 heteroatoms. The van der Waals surface area contributed by atoms with Gasteiger partial charge in [-0.25, -0.2) is 0 Å². The highest BCUT2D eigenvalue weighted by molar-refractivity contribution is 5.69. The zero-order valence-corrected chi connectivity index (χ0v) is 7.05. The van der Waals surface area contributed by atoms with Crippen LogP contribution in [0.3, 0.4) is 0 Å². The van der Waals surface area contributed by atoms with Crippen molar-refractivity contribution in [2.24, 2.45) is 5.92 Å². The predicted octanol–water partition coefficient (Wildman–Crippen LogP) is 1.90. The molecule has 2 nitrogen and oxygen atoms in total. The molecule has 0 unspecified atom stereocenters. The van der Waals surface area contributed by atoms with E-state index in [-0.39, 0.29) is 6.42 Å². The number of aliphatic carboxylic acids is 1. The fraction of sp³-hybridized carbons (Fsp3) is 0.667. The number of hydrogen-bond donors (Lipinski definition) is 1. The summed E-state index contributed by atoms with van der Waals surface area (Å²) >= 11 is 0. The molecule has 0 atom stereocenters. The fourth-order valence-electron chi connectivity index (χ4n) is 0.587. The summed E-state index contributed by atoms with van der Waals surface area (Å²) in [6, 6.07) is 0. The van der Waals surface area contributed by atoms with E-state index in [1.807, 2.05) is 0 Å². The van der Waals surface area contributed by atoms with E-state index in [1.54, 1.807) is 0 Å². The summed E-state index contributed by atoms with van der Waals surface area (Å²) in [5.41, 5.74) is 0. The molecule has 0 radical (unpaired) electrons. The first-order valence-electron chi connectivity index (χ1n) is 3.80. The topological polar surface area (TPSA) is 37.3 Å². The van der Waals surface area contributed by atoms with Crippen LogP contribution in [0.4, 0.5) is 0 Å². The lowest BCUT2D eigenvalue weighted by molar-refractivity contribution is -0.135. The number of carbonyl (C=O) groups is 1. The lowest BCUT2D eigenvalue weighted by atomic mass is 10.1. The zero-order valence-electron chi connectivity index (χ0n) is 7.05. The van der Waals surface area contributed by atoms with Crippen LogP contribution in [0.25, 0.3) is 0 Å². The van der Waals surface area contributed by atoms with E-state index in [2.05, 4.69) is 25.7 Å². The molecule has 0 saturated carbocycles. The highest BCUT2D eigenvalue weighted by atomic mass is 16.4. The van der Waals surface area contributed by atoms with Crippen molar-refractivity contribution in [2.75, 3.05) is 0 Å². The van der Waals surface area contributed by atoms with Crippen LogP contribution in [0.2, 0.25) is 0 Å². The Labute approximate surface area is 67.6 Å². The molecule has 11 heavy (non-hydrogen) atoms. The summed E-state index contributed by atoms with van der Waals surface area (Å²) < 4.78 is 0. The number of hydrogen-bond acceptors (Lipinski definition) is 1. The maximum absolute atomic E-state index is 9.99. The van der Waals surface area contributed by atoms with Gasteiger partial charge in [0.2, 0.25) is 0 Å². The van der Waals surface area contributed by atoms with Gasteiger partial charge in [-0.1, -0.05) is 19.8 Å². The van der Waals surface area contributed by atoms with Crippen molar-refractivity contribution in [3.8, 4) is 11.8 Å². The first kappa shape index (κ1) is 10.0. The first-order chi connectivity index (χ1) is 5.13. The molecule has 0 aliphatic carbocycles. The second kappa shape index (κ2) is 5.79. The number of carboxylic acid groups (broad SMARTS) is 1. The van der Waals surface area contributed by atoms with Crippen LogP contribution in [0.5, 0.6) is 0 Å². The number of rotatable bonds is 3. The standard InChI is InChI=1S/C9H14O2/c1-8(2)6-4-3-5-7-9(10)11/h8H,4,6-7H2,1-2H3,(H,10,11). The Kier molecular flexibility index (Phi) is 5.28. The van der Waals surface area contributed by atoms with Gasteiger partial charge in [0.15, 0.2) is 0 Å². The van der Waals surface area contributed by atoms with Crippen molar-refractivity contribution in [2.45, 2.75) is 33.1 Å². The molecule has 0 amide bonds. The van der Waals surface area contributed by atoms with Crippen LogP contribution in [-0.4, -0.2) is 11.1 Å². The van der Waals surface area contributed by atoms with E-state index in [9.17, 15) is 4.79 Å². The average Bonchev–Trinajstić information content (AvgIpc) is 1.85. The highest BCUT2D eigenvalue weighted by Crippen LogP contribution is 2.01. The second-order valence-electron chi connectivity index (χ2n) is 2.86. The smallest absolute Gasteiger partial charge is 0.315 e. The molecular formula is C9H14O2. The summed E-state index contributed by atoms with van der Waals surface area (Å²) in [5.74, 6) is 5.21. The van der Waals surface area contributed by atoms with Gasteiger partial charge in [0, 0.05) is 6.42 Å². The molecule has 0 heterocycles. The molecule has 0 rings (SSSR count). The maximum atomic E-state index is 9.99. The minimum atomic E-state index is -0.845. The Morgan fingerprint density at radius 1 is 1.45 bits per heavy atom. The van der Waals surface area contributed by atoms with E-state index >= 15 is 0 Å². The first-order valence-corrected chi connectivity index (χ1v) is 3.80. The maximum Gasteiger partial charge on any atom is 0.315 e. The SMILES string of the molecule is CC(C)CCC#CCC(=O)O. The molecule has 0 aliphatic heterocycles. The summed E-state index contributed by atoms with van der Waals surface area (Å²) in [4.78, 5) is 9.99. The fourth-order valence-corrected chi connectivity index (χ4v) is 0.587. The molecule has 0 saturated heterocycles. The van der Waals surface area contributed by atoms with Gasteiger partial charge < -0.3 is 5.11 Å². The molecule has 62 valence electrons. The Bertz CT molecular complexity index is 172. The number of carboxylic acids is 1. The Morgan fingerprint density at radius 3 is 2.55 bits per heavy atom. The molecular weight excluding hydrogens is 140 g/mol. The lowest BCUT2D eigenvalue weighted by Crippen LogP contribution is -1.90. The summed E-state index contributed by atoms with van der Waals surface area (Å²) in [5, 5.41) is 8.22.